The molecule has 0 fully saturated rings. The molecule has 106 valence electrons. The molecule has 5 nitrogen and oxygen atoms in total. The zero-order valence-electron chi connectivity index (χ0n) is 11.1. The fourth-order valence-corrected chi connectivity index (χ4v) is 2.01. The van der Waals surface area contributed by atoms with Gasteiger partial charge in [-0.2, -0.15) is 0 Å². The predicted molar refractivity (Wildman–Crippen MR) is 77.0 cm³/mol. The summed E-state index contributed by atoms with van der Waals surface area (Å²) in [4.78, 5) is 11.6. The minimum absolute atomic E-state index is 0.0390. The molecular weight excluding hydrogens is 312 g/mol. The first-order valence-electron chi connectivity index (χ1n) is 5.96. The Morgan fingerprint density at radius 2 is 2.26 bits per heavy atom. The molecular formula is C13H19BrN2O3. The summed E-state index contributed by atoms with van der Waals surface area (Å²) in [5.74, 6) is 0.440. The molecule has 0 aliphatic carbocycles. The van der Waals surface area contributed by atoms with Crippen molar-refractivity contribution in [2.24, 2.45) is 5.73 Å². The molecule has 1 atom stereocenters. The van der Waals surface area contributed by atoms with Gasteiger partial charge in [-0.15, -0.1) is 0 Å². The quantitative estimate of drug-likeness (QED) is 0.793. The third-order valence-corrected chi connectivity index (χ3v) is 2.92. The molecule has 0 saturated carbocycles. The maximum atomic E-state index is 11.6. The minimum atomic E-state index is -0.185. The molecule has 0 spiro atoms. The lowest BCUT2D eigenvalue weighted by Gasteiger charge is -2.14. The van der Waals surface area contributed by atoms with Gasteiger partial charge >= 0.3 is 0 Å². The molecule has 0 saturated heterocycles. The lowest BCUT2D eigenvalue weighted by Crippen LogP contribution is -2.38. The van der Waals surface area contributed by atoms with Gasteiger partial charge in [0.2, 0.25) is 0 Å². The third-order valence-electron chi connectivity index (χ3n) is 2.43. The van der Waals surface area contributed by atoms with E-state index in [9.17, 15) is 4.79 Å². The standard InChI is InChI=1S/C13H19BrN2O3/c1-9(7-18-2)16-13(17)8-19-12-4-3-11(14)5-10(12)6-15/h3-5,9H,6-8,15H2,1-2H3,(H,16,17). The lowest BCUT2D eigenvalue weighted by molar-refractivity contribution is -0.124. The molecule has 3 N–H and O–H groups in total. The van der Waals surface area contributed by atoms with Gasteiger partial charge < -0.3 is 20.5 Å². The van der Waals surface area contributed by atoms with Crippen LogP contribution in [0.5, 0.6) is 5.75 Å². The van der Waals surface area contributed by atoms with E-state index in [1.165, 1.54) is 0 Å². The van der Waals surface area contributed by atoms with Crippen LogP contribution in [0.15, 0.2) is 22.7 Å². The second-order valence-electron chi connectivity index (χ2n) is 4.17. The van der Waals surface area contributed by atoms with Gasteiger partial charge in [0, 0.05) is 29.7 Å². The highest BCUT2D eigenvalue weighted by Gasteiger charge is 2.09. The molecule has 6 heteroatoms. The van der Waals surface area contributed by atoms with Gasteiger partial charge in [-0.3, -0.25) is 4.79 Å². The molecule has 1 amide bonds. The van der Waals surface area contributed by atoms with Gasteiger partial charge in [0.25, 0.3) is 5.91 Å². The fraction of sp³-hybridized carbons (Fsp3) is 0.462. The summed E-state index contributed by atoms with van der Waals surface area (Å²) in [5.41, 5.74) is 6.48. The summed E-state index contributed by atoms with van der Waals surface area (Å²) in [7, 11) is 1.59. The first-order chi connectivity index (χ1) is 9.06. The van der Waals surface area contributed by atoms with Crippen LogP contribution in [-0.2, 0) is 16.1 Å². The van der Waals surface area contributed by atoms with Gasteiger partial charge in [-0.05, 0) is 25.1 Å². The monoisotopic (exact) mass is 330 g/mol. The number of amides is 1. The van der Waals surface area contributed by atoms with E-state index in [1.807, 2.05) is 19.1 Å². The molecule has 0 radical (unpaired) electrons. The molecule has 1 unspecified atom stereocenters. The number of rotatable bonds is 7. The number of carbonyl (C=O) groups excluding carboxylic acids is 1. The third kappa shape index (κ3) is 5.59. The van der Waals surface area contributed by atoms with Crippen molar-refractivity contribution in [2.45, 2.75) is 19.5 Å². The summed E-state index contributed by atoms with van der Waals surface area (Å²) in [6.07, 6.45) is 0. The van der Waals surface area contributed by atoms with Crippen LogP contribution in [0.1, 0.15) is 12.5 Å². The number of benzene rings is 1. The van der Waals surface area contributed by atoms with Crippen LogP contribution in [0.2, 0.25) is 0 Å². The van der Waals surface area contributed by atoms with Crippen molar-refractivity contribution < 1.29 is 14.3 Å². The summed E-state index contributed by atoms with van der Waals surface area (Å²) in [6.45, 7) is 2.66. The van der Waals surface area contributed by atoms with E-state index in [0.717, 1.165) is 10.0 Å². The summed E-state index contributed by atoms with van der Waals surface area (Å²) >= 11 is 3.36. The first-order valence-corrected chi connectivity index (χ1v) is 6.75. The highest BCUT2D eigenvalue weighted by atomic mass is 79.9. The van der Waals surface area contributed by atoms with Gasteiger partial charge in [0.15, 0.2) is 6.61 Å². The summed E-state index contributed by atoms with van der Waals surface area (Å²) in [5, 5.41) is 2.77. The van der Waals surface area contributed by atoms with E-state index in [2.05, 4.69) is 21.2 Å². The zero-order chi connectivity index (χ0) is 14.3. The fourth-order valence-electron chi connectivity index (χ4n) is 1.60. The van der Waals surface area contributed by atoms with E-state index in [0.29, 0.717) is 18.9 Å². The lowest BCUT2D eigenvalue weighted by atomic mass is 10.2. The molecule has 0 heterocycles. The number of nitrogens with two attached hydrogens (primary N) is 1. The predicted octanol–water partition coefficient (Wildman–Crippen LogP) is 1.44. The smallest absolute Gasteiger partial charge is 0.258 e. The van der Waals surface area contributed by atoms with Gasteiger partial charge in [0.05, 0.1) is 6.61 Å². The number of carbonyl (C=O) groups is 1. The number of methoxy groups -OCH3 is 1. The largest absolute Gasteiger partial charge is 0.483 e. The highest BCUT2D eigenvalue weighted by molar-refractivity contribution is 9.10. The molecule has 1 rings (SSSR count). The van der Waals surface area contributed by atoms with Gasteiger partial charge in [-0.25, -0.2) is 0 Å². The molecule has 0 aliphatic heterocycles. The van der Waals surface area contributed by atoms with Crippen molar-refractivity contribution >= 4 is 21.8 Å². The Labute approximate surface area is 121 Å². The van der Waals surface area contributed by atoms with Crippen LogP contribution in [0.4, 0.5) is 0 Å². The average Bonchev–Trinajstić information content (AvgIpc) is 2.37. The second-order valence-corrected chi connectivity index (χ2v) is 5.08. The van der Waals surface area contributed by atoms with Crippen LogP contribution in [0.25, 0.3) is 0 Å². The topological polar surface area (TPSA) is 73.6 Å². The molecule has 1 aromatic rings. The summed E-state index contributed by atoms with van der Waals surface area (Å²) in [6, 6.07) is 5.47. The van der Waals surface area contributed by atoms with E-state index in [1.54, 1.807) is 13.2 Å². The van der Waals surface area contributed by atoms with Crippen LogP contribution in [-0.4, -0.2) is 32.3 Å². The van der Waals surface area contributed by atoms with Crippen molar-refractivity contribution in [2.75, 3.05) is 20.3 Å². The second kappa shape index (κ2) is 8.14. The minimum Gasteiger partial charge on any atom is -0.483 e. The van der Waals surface area contributed by atoms with Crippen LogP contribution in [0, 0.1) is 0 Å². The zero-order valence-corrected chi connectivity index (χ0v) is 12.7. The molecule has 0 aromatic heterocycles. The van der Waals surface area contributed by atoms with E-state index < -0.39 is 0 Å². The number of hydrogen-bond acceptors (Lipinski definition) is 4. The maximum absolute atomic E-state index is 11.6. The normalized spacial score (nSPS) is 12.0. The Morgan fingerprint density at radius 3 is 2.89 bits per heavy atom. The number of hydrogen-bond donors (Lipinski definition) is 2. The van der Waals surface area contributed by atoms with E-state index in [4.69, 9.17) is 15.2 Å². The van der Waals surface area contributed by atoms with Gasteiger partial charge in [-0.1, -0.05) is 15.9 Å². The molecule has 19 heavy (non-hydrogen) atoms. The Bertz CT molecular complexity index is 426. The van der Waals surface area contributed by atoms with Crippen molar-refractivity contribution in [1.29, 1.82) is 0 Å². The summed E-state index contributed by atoms with van der Waals surface area (Å²) < 4.78 is 11.3. The molecule has 0 bridgehead atoms. The van der Waals surface area contributed by atoms with Gasteiger partial charge in [0.1, 0.15) is 5.75 Å². The number of ether oxygens (including phenoxy) is 2. The van der Waals surface area contributed by atoms with Crippen LogP contribution < -0.4 is 15.8 Å². The Kier molecular flexibility index (Phi) is 6.83. The van der Waals surface area contributed by atoms with E-state index >= 15 is 0 Å². The SMILES string of the molecule is COCC(C)NC(=O)COc1ccc(Br)cc1CN. The number of halogens is 1. The van der Waals surface area contributed by atoms with Crippen molar-refractivity contribution in [3.05, 3.63) is 28.2 Å². The Morgan fingerprint density at radius 1 is 1.53 bits per heavy atom. The maximum Gasteiger partial charge on any atom is 0.258 e. The highest BCUT2D eigenvalue weighted by Crippen LogP contribution is 2.22. The Hall–Kier alpha value is -1.11. The molecule has 0 aliphatic rings. The van der Waals surface area contributed by atoms with E-state index in [-0.39, 0.29) is 18.6 Å². The van der Waals surface area contributed by atoms with Crippen molar-refractivity contribution in [1.82, 2.24) is 5.32 Å². The van der Waals surface area contributed by atoms with Crippen molar-refractivity contribution in [3.63, 3.8) is 0 Å². The molecule has 1 aromatic carbocycles. The average molecular weight is 331 g/mol. The van der Waals surface area contributed by atoms with Crippen LogP contribution in [0.3, 0.4) is 0 Å². The van der Waals surface area contributed by atoms with Crippen molar-refractivity contribution in [3.8, 4) is 5.75 Å². The van der Waals surface area contributed by atoms with Crippen LogP contribution >= 0.6 is 15.9 Å². The Balaban J connectivity index is 2.50. The number of nitrogens with one attached hydrogen (secondary N) is 1. The first kappa shape index (κ1) is 15.9.